The monoisotopic (exact) mass is 210 g/mol. The molecule has 4 nitrogen and oxygen atoms in total. The first-order chi connectivity index (χ1) is 7.11. The van der Waals surface area contributed by atoms with Crippen LogP contribution >= 0.6 is 0 Å². The summed E-state index contributed by atoms with van der Waals surface area (Å²) in [6.45, 7) is 5.36. The molecule has 1 saturated carbocycles. The van der Waals surface area contributed by atoms with Gasteiger partial charge in [-0.15, -0.1) is 0 Å². The van der Waals surface area contributed by atoms with E-state index in [0.29, 0.717) is 6.42 Å². The predicted molar refractivity (Wildman–Crippen MR) is 51.8 cm³/mol. The van der Waals surface area contributed by atoms with Crippen molar-refractivity contribution in [2.45, 2.75) is 32.0 Å². The van der Waals surface area contributed by atoms with Crippen molar-refractivity contribution >= 4 is 11.9 Å². The second-order valence-corrected chi connectivity index (χ2v) is 4.24. The zero-order valence-electron chi connectivity index (χ0n) is 8.64. The van der Waals surface area contributed by atoms with E-state index in [4.69, 9.17) is 9.47 Å². The normalized spacial score (nSPS) is 38.3. The van der Waals surface area contributed by atoms with Crippen molar-refractivity contribution < 1.29 is 19.1 Å². The largest absolute Gasteiger partial charge is 0.458 e. The molecule has 2 rings (SSSR count). The minimum Gasteiger partial charge on any atom is -0.458 e. The lowest BCUT2D eigenvalue weighted by atomic mass is 9.99. The van der Waals surface area contributed by atoms with E-state index in [2.05, 4.69) is 6.58 Å². The van der Waals surface area contributed by atoms with Crippen LogP contribution in [-0.2, 0) is 19.1 Å². The summed E-state index contributed by atoms with van der Waals surface area (Å²) < 4.78 is 10.4. The van der Waals surface area contributed by atoms with E-state index in [1.165, 1.54) is 0 Å². The lowest BCUT2D eigenvalue weighted by Gasteiger charge is -2.29. The molecule has 15 heavy (non-hydrogen) atoms. The van der Waals surface area contributed by atoms with Crippen LogP contribution in [-0.4, -0.2) is 24.1 Å². The molecule has 1 aliphatic heterocycles. The summed E-state index contributed by atoms with van der Waals surface area (Å²) >= 11 is 0. The van der Waals surface area contributed by atoms with Gasteiger partial charge in [-0.25, -0.2) is 4.79 Å². The summed E-state index contributed by atoms with van der Waals surface area (Å²) in [5.74, 6) is -0.235. The number of rotatable bonds is 2. The molecule has 0 aromatic heterocycles. The highest BCUT2D eigenvalue weighted by Crippen LogP contribution is 2.41. The van der Waals surface area contributed by atoms with Crippen LogP contribution in [0.3, 0.4) is 0 Å². The first-order valence-corrected chi connectivity index (χ1v) is 5.14. The number of carbonyl (C=O) groups is 2. The van der Waals surface area contributed by atoms with E-state index in [1.807, 2.05) is 6.92 Å². The molecule has 4 unspecified atom stereocenters. The minimum atomic E-state index is -0.443. The van der Waals surface area contributed by atoms with Crippen molar-refractivity contribution in [3.8, 4) is 0 Å². The average Bonchev–Trinajstić information content (AvgIpc) is 2.37. The van der Waals surface area contributed by atoms with Gasteiger partial charge in [0.25, 0.3) is 0 Å². The quantitative estimate of drug-likeness (QED) is 0.505. The molecule has 0 amide bonds. The highest BCUT2D eigenvalue weighted by atomic mass is 16.6. The van der Waals surface area contributed by atoms with Crippen LogP contribution in [0.5, 0.6) is 0 Å². The molecule has 0 radical (unpaired) electrons. The van der Waals surface area contributed by atoms with Gasteiger partial charge in [0.2, 0.25) is 0 Å². The molecule has 0 aromatic carbocycles. The molecule has 1 saturated heterocycles. The topological polar surface area (TPSA) is 52.6 Å². The lowest BCUT2D eigenvalue weighted by molar-refractivity contribution is -0.176. The Morgan fingerprint density at radius 1 is 1.67 bits per heavy atom. The minimum absolute atomic E-state index is 0.121. The highest BCUT2D eigenvalue weighted by molar-refractivity contribution is 5.81. The van der Waals surface area contributed by atoms with Gasteiger partial charge in [0.1, 0.15) is 12.2 Å². The third kappa shape index (κ3) is 1.76. The Morgan fingerprint density at radius 2 is 2.40 bits per heavy atom. The SMILES string of the molecule is C=CC(=O)OC1C2CC(=O)OC1C(C)C2. The fraction of sp³-hybridized carbons (Fsp3) is 0.636. The Kier molecular flexibility index (Phi) is 2.50. The van der Waals surface area contributed by atoms with Crippen LogP contribution in [0.25, 0.3) is 0 Å². The molecule has 1 aliphatic carbocycles. The summed E-state index contributed by atoms with van der Waals surface area (Å²) in [5.41, 5.74) is 0. The molecule has 2 bridgehead atoms. The summed E-state index contributed by atoms with van der Waals surface area (Å²) in [6.07, 6.45) is 1.84. The van der Waals surface area contributed by atoms with E-state index in [0.717, 1.165) is 12.5 Å². The van der Waals surface area contributed by atoms with Crippen molar-refractivity contribution in [3.05, 3.63) is 12.7 Å². The number of carbonyl (C=O) groups excluding carboxylic acids is 2. The zero-order chi connectivity index (χ0) is 11.0. The summed E-state index contributed by atoms with van der Waals surface area (Å²) in [5, 5.41) is 0. The Labute approximate surface area is 88.2 Å². The van der Waals surface area contributed by atoms with Gasteiger partial charge in [0.15, 0.2) is 0 Å². The van der Waals surface area contributed by atoms with Crippen LogP contribution in [0, 0.1) is 11.8 Å². The van der Waals surface area contributed by atoms with E-state index in [9.17, 15) is 9.59 Å². The standard InChI is InChI=1S/C11H14O4/c1-3-8(12)14-11-7-4-6(2)10(11)15-9(13)5-7/h3,6-7,10-11H,1,4-5H2,2H3. The molecular formula is C11H14O4. The maximum Gasteiger partial charge on any atom is 0.330 e. The molecule has 2 fully saturated rings. The first kappa shape index (κ1) is 10.2. The fourth-order valence-electron chi connectivity index (χ4n) is 2.48. The Morgan fingerprint density at radius 3 is 3.00 bits per heavy atom. The van der Waals surface area contributed by atoms with Gasteiger partial charge in [-0.1, -0.05) is 13.5 Å². The van der Waals surface area contributed by atoms with Gasteiger partial charge in [0.05, 0.1) is 6.42 Å². The number of esters is 2. The van der Waals surface area contributed by atoms with E-state index in [1.54, 1.807) is 0 Å². The van der Waals surface area contributed by atoms with E-state index in [-0.39, 0.29) is 30.0 Å². The third-order valence-corrected chi connectivity index (χ3v) is 3.14. The molecule has 2 aliphatic rings. The van der Waals surface area contributed by atoms with Gasteiger partial charge in [-0.05, 0) is 12.3 Å². The van der Waals surface area contributed by atoms with Crippen LogP contribution in [0.4, 0.5) is 0 Å². The summed E-state index contributed by atoms with van der Waals surface area (Å²) in [6, 6.07) is 0. The molecule has 0 N–H and O–H groups in total. The molecule has 82 valence electrons. The molecule has 0 aromatic rings. The first-order valence-electron chi connectivity index (χ1n) is 5.14. The lowest BCUT2D eigenvalue weighted by Crippen LogP contribution is -2.41. The molecule has 1 heterocycles. The van der Waals surface area contributed by atoms with Crippen LogP contribution in [0.2, 0.25) is 0 Å². The van der Waals surface area contributed by atoms with Crippen molar-refractivity contribution in [2.75, 3.05) is 0 Å². The van der Waals surface area contributed by atoms with Crippen LogP contribution < -0.4 is 0 Å². The van der Waals surface area contributed by atoms with Crippen molar-refractivity contribution in [1.82, 2.24) is 0 Å². The second kappa shape index (κ2) is 3.68. The number of ether oxygens (including phenoxy) is 2. The fourth-order valence-corrected chi connectivity index (χ4v) is 2.48. The number of hydrogen-bond donors (Lipinski definition) is 0. The van der Waals surface area contributed by atoms with Crippen molar-refractivity contribution in [1.29, 1.82) is 0 Å². The maximum atomic E-state index is 11.2. The maximum absolute atomic E-state index is 11.2. The van der Waals surface area contributed by atoms with Crippen LogP contribution in [0.15, 0.2) is 12.7 Å². The average molecular weight is 210 g/mol. The summed E-state index contributed by atoms with van der Waals surface area (Å²) in [4.78, 5) is 22.3. The molecular weight excluding hydrogens is 196 g/mol. The summed E-state index contributed by atoms with van der Waals surface area (Å²) in [7, 11) is 0. The highest BCUT2D eigenvalue weighted by Gasteiger charge is 2.50. The number of hydrogen-bond acceptors (Lipinski definition) is 4. The molecule has 4 heteroatoms. The van der Waals surface area contributed by atoms with Gasteiger partial charge >= 0.3 is 11.9 Å². The van der Waals surface area contributed by atoms with Crippen molar-refractivity contribution in [3.63, 3.8) is 0 Å². The number of fused-ring (bicyclic) bond motifs is 2. The smallest absolute Gasteiger partial charge is 0.330 e. The van der Waals surface area contributed by atoms with Gasteiger partial charge in [-0.3, -0.25) is 4.79 Å². The second-order valence-electron chi connectivity index (χ2n) is 4.24. The van der Waals surface area contributed by atoms with Crippen molar-refractivity contribution in [2.24, 2.45) is 11.8 Å². The Hall–Kier alpha value is -1.32. The Balaban J connectivity index is 2.10. The van der Waals surface area contributed by atoms with Gasteiger partial charge in [0, 0.05) is 12.0 Å². The zero-order valence-corrected chi connectivity index (χ0v) is 8.64. The van der Waals surface area contributed by atoms with E-state index < -0.39 is 5.97 Å². The molecule has 4 atom stereocenters. The Bertz CT molecular complexity index is 310. The van der Waals surface area contributed by atoms with Gasteiger partial charge < -0.3 is 9.47 Å². The third-order valence-electron chi connectivity index (χ3n) is 3.14. The van der Waals surface area contributed by atoms with E-state index >= 15 is 0 Å². The molecule has 0 spiro atoms. The van der Waals surface area contributed by atoms with Crippen LogP contribution in [0.1, 0.15) is 19.8 Å². The predicted octanol–water partition coefficient (Wildman–Crippen LogP) is 1.06. The van der Waals surface area contributed by atoms with Gasteiger partial charge in [-0.2, -0.15) is 0 Å².